The zero-order valence-corrected chi connectivity index (χ0v) is 7.16. The number of rotatable bonds is 1. The van der Waals surface area contributed by atoms with E-state index in [1.165, 1.54) is 0 Å². The summed E-state index contributed by atoms with van der Waals surface area (Å²) in [5.74, 6) is -0.646. The summed E-state index contributed by atoms with van der Waals surface area (Å²) >= 11 is 0. The maximum atomic E-state index is 11.2. The first-order valence-electron chi connectivity index (χ1n) is 3.67. The van der Waals surface area contributed by atoms with Crippen LogP contribution in [0.5, 0.6) is 0 Å². The monoisotopic (exact) mass is 169 g/mol. The largest absolute Gasteiger partial charge is 0.348 e. The molecule has 0 spiro atoms. The normalized spacial score (nSPS) is 23.0. The molecule has 0 aliphatic carbocycles. The minimum absolute atomic E-state index is 0.0473. The van der Waals surface area contributed by atoms with Crippen LogP contribution in [0.15, 0.2) is 12.2 Å². The smallest absolute Gasteiger partial charge is 0.260 e. The standard InChI is InChI=1S/C8H11NO3/c1-5(2)7(10)9-4-12-6(3)8(9)11/h6H,1,4H2,2-3H3. The molecule has 1 aliphatic rings. The second-order valence-corrected chi connectivity index (χ2v) is 2.79. The van der Waals surface area contributed by atoms with Crippen LogP contribution in [0, 0.1) is 0 Å². The van der Waals surface area contributed by atoms with Gasteiger partial charge in [-0.1, -0.05) is 6.58 Å². The minimum atomic E-state index is -0.506. The Balaban J connectivity index is 2.72. The van der Waals surface area contributed by atoms with Crippen LogP contribution in [0.4, 0.5) is 0 Å². The lowest BCUT2D eigenvalue weighted by molar-refractivity contribution is -0.139. The zero-order valence-electron chi connectivity index (χ0n) is 7.16. The van der Waals surface area contributed by atoms with Crippen molar-refractivity contribution in [3.05, 3.63) is 12.2 Å². The molecule has 1 heterocycles. The molecule has 12 heavy (non-hydrogen) atoms. The van der Waals surface area contributed by atoms with Gasteiger partial charge in [-0.15, -0.1) is 0 Å². The second-order valence-electron chi connectivity index (χ2n) is 2.79. The molecule has 0 radical (unpaired) electrons. The van der Waals surface area contributed by atoms with Gasteiger partial charge in [0.1, 0.15) is 12.8 Å². The molecule has 1 unspecified atom stereocenters. The fourth-order valence-electron chi connectivity index (χ4n) is 0.930. The molecular weight excluding hydrogens is 158 g/mol. The molecule has 0 aromatic carbocycles. The molecule has 4 heteroatoms. The zero-order chi connectivity index (χ0) is 9.30. The number of nitrogens with zero attached hydrogens (tertiary/aromatic N) is 1. The van der Waals surface area contributed by atoms with Gasteiger partial charge < -0.3 is 4.74 Å². The Kier molecular flexibility index (Phi) is 2.28. The van der Waals surface area contributed by atoms with Crippen LogP contribution in [0.3, 0.4) is 0 Å². The van der Waals surface area contributed by atoms with Gasteiger partial charge in [-0.25, -0.2) is 0 Å². The number of ether oxygens (including phenoxy) is 1. The maximum absolute atomic E-state index is 11.2. The number of carbonyl (C=O) groups excluding carboxylic acids is 2. The van der Waals surface area contributed by atoms with Crippen LogP contribution in [0.1, 0.15) is 13.8 Å². The second kappa shape index (κ2) is 3.06. The fourth-order valence-corrected chi connectivity index (χ4v) is 0.930. The first-order valence-corrected chi connectivity index (χ1v) is 3.67. The van der Waals surface area contributed by atoms with Crippen molar-refractivity contribution in [2.45, 2.75) is 20.0 Å². The molecule has 0 saturated carbocycles. The summed E-state index contributed by atoms with van der Waals surface area (Å²) < 4.78 is 4.96. The average Bonchev–Trinajstić information content (AvgIpc) is 2.32. The summed E-state index contributed by atoms with van der Waals surface area (Å²) in [6, 6.07) is 0. The van der Waals surface area contributed by atoms with Gasteiger partial charge in [-0.3, -0.25) is 14.5 Å². The highest BCUT2D eigenvalue weighted by atomic mass is 16.5. The van der Waals surface area contributed by atoms with Gasteiger partial charge in [-0.2, -0.15) is 0 Å². The average molecular weight is 169 g/mol. The third-order valence-corrected chi connectivity index (χ3v) is 1.68. The third kappa shape index (κ3) is 1.38. The molecule has 0 aromatic rings. The highest BCUT2D eigenvalue weighted by Crippen LogP contribution is 2.11. The van der Waals surface area contributed by atoms with Crippen molar-refractivity contribution in [2.24, 2.45) is 0 Å². The first-order chi connectivity index (χ1) is 5.54. The quantitative estimate of drug-likeness (QED) is 0.530. The SMILES string of the molecule is C=C(C)C(=O)N1COC(C)C1=O. The van der Waals surface area contributed by atoms with E-state index in [2.05, 4.69) is 6.58 Å². The van der Waals surface area contributed by atoms with Gasteiger partial charge in [0.2, 0.25) is 0 Å². The Morgan fingerprint density at radius 1 is 1.75 bits per heavy atom. The van der Waals surface area contributed by atoms with Crippen molar-refractivity contribution >= 4 is 11.8 Å². The highest BCUT2D eigenvalue weighted by molar-refractivity contribution is 6.05. The van der Waals surface area contributed by atoms with Crippen molar-refractivity contribution in [2.75, 3.05) is 6.73 Å². The van der Waals surface area contributed by atoms with E-state index in [0.29, 0.717) is 5.57 Å². The lowest BCUT2D eigenvalue weighted by Crippen LogP contribution is -2.34. The van der Waals surface area contributed by atoms with Crippen LogP contribution in [0.25, 0.3) is 0 Å². The highest BCUT2D eigenvalue weighted by Gasteiger charge is 2.33. The van der Waals surface area contributed by atoms with Gasteiger partial charge in [0.25, 0.3) is 11.8 Å². The molecule has 1 aliphatic heterocycles. The first kappa shape index (κ1) is 8.93. The van der Waals surface area contributed by atoms with E-state index in [1.54, 1.807) is 13.8 Å². The van der Waals surface area contributed by atoms with Gasteiger partial charge in [0, 0.05) is 5.57 Å². The predicted octanol–water partition coefficient (Wildman–Crippen LogP) is 0.294. The van der Waals surface area contributed by atoms with E-state index >= 15 is 0 Å². The van der Waals surface area contributed by atoms with Gasteiger partial charge >= 0.3 is 0 Å². The summed E-state index contributed by atoms with van der Waals surface area (Å²) in [4.78, 5) is 23.5. The summed E-state index contributed by atoms with van der Waals surface area (Å²) in [7, 11) is 0. The van der Waals surface area contributed by atoms with Gasteiger partial charge in [0.15, 0.2) is 0 Å². The van der Waals surface area contributed by atoms with E-state index < -0.39 is 6.10 Å². The summed E-state index contributed by atoms with van der Waals surface area (Å²) in [5, 5.41) is 0. The molecule has 0 N–H and O–H groups in total. The maximum Gasteiger partial charge on any atom is 0.260 e. The molecular formula is C8H11NO3. The third-order valence-electron chi connectivity index (χ3n) is 1.68. The summed E-state index contributed by atoms with van der Waals surface area (Å²) in [6.07, 6.45) is -0.506. The van der Waals surface area contributed by atoms with Crippen LogP contribution < -0.4 is 0 Å². The topological polar surface area (TPSA) is 46.6 Å². The predicted molar refractivity (Wildman–Crippen MR) is 42.1 cm³/mol. The van der Waals surface area contributed by atoms with Crippen LogP contribution in [-0.2, 0) is 14.3 Å². The Morgan fingerprint density at radius 3 is 2.67 bits per heavy atom. The number of amides is 2. The molecule has 1 atom stereocenters. The number of hydrogen-bond acceptors (Lipinski definition) is 3. The van der Waals surface area contributed by atoms with Crippen LogP contribution >= 0.6 is 0 Å². The molecule has 1 rings (SSSR count). The van der Waals surface area contributed by atoms with Crippen molar-refractivity contribution in [1.82, 2.24) is 4.90 Å². The molecule has 1 fully saturated rings. The van der Waals surface area contributed by atoms with E-state index in [1.807, 2.05) is 0 Å². The van der Waals surface area contributed by atoms with Crippen LogP contribution in [-0.4, -0.2) is 29.5 Å². The van der Waals surface area contributed by atoms with Crippen molar-refractivity contribution < 1.29 is 14.3 Å². The number of hydrogen-bond donors (Lipinski definition) is 0. The molecule has 4 nitrogen and oxygen atoms in total. The van der Waals surface area contributed by atoms with E-state index in [-0.39, 0.29) is 18.5 Å². The Labute approximate surface area is 70.8 Å². The molecule has 2 amide bonds. The van der Waals surface area contributed by atoms with Crippen molar-refractivity contribution in [3.63, 3.8) is 0 Å². The molecule has 0 aromatic heterocycles. The van der Waals surface area contributed by atoms with E-state index in [9.17, 15) is 9.59 Å². The Morgan fingerprint density at radius 2 is 2.33 bits per heavy atom. The summed E-state index contributed by atoms with van der Waals surface area (Å²) in [5.41, 5.74) is 0.348. The lowest BCUT2D eigenvalue weighted by Gasteiger charge is -2.10. The van der Waals surface area contributed by atoms with Crippen LogP contribution in [0.2, 0.25) is 0 Å². The van der Waals surface area contributed by atoms with Gasteiger partial charge in [0.05, 0.1) is 0 Å². The fraction of sp³-hybridized carbons (Fsp3) is 0.500. The van der Waals surface area contributed by atoms with Gasteiger partial charge in [-0.05, 0) is 13.8 Å². The van der Waals surface area contributed by atoms with Crippen molar-refractivity contribution in [1.29, 1.82) is 0 Å². The Bertz CT molecular complexity index is 247. The van der Waals surface area contributed by atoms with E-state index in [4.69, 9.17) is 4.74 Å². The molecule has 66 valence electrons. The molecule has 1 saturated heterocycles. The van der Waals surface area contributed by atoms with Crippen molar-refractivity contribution in [3.8, 4) is 0 Å². The lowest BCUT2D eigenvalue weighted by atomic mass is 10.3. The van der Waals surface area contributed by atoms with E-state index in [0.717, 1.165) is 4.90 Å². The Hall–Kier alpha value is -1.16. The minimum Gasteiger partial charge on any atom is -0.348 e. The summed E-state index contributed by atoms with van der Waals surface area (Å²) in [6.45, 7) is 6.69. The number of imide groups is 1. The number of carbonyl (C=O) groups is 2. The molecule has 0 bridgehead atoms.